The summed E-state index contributed by atoms with van der Waals surface area (Å²) < 4.78 is 0. The number of nitrogens with zero attached hydrogens (tertiary/aromatic N) is 1. The Morgan fingerprint density at radius 2 is 1.89 bits per heavy atom. The minimum Gasteiger partial charge on any atom is -0.399 e. The predicted octanol–water partition coefficient (Wildman–Crippen LogP) is 6.61. The number of nitrogens with one attached hydrogen (secondary N) is 1. The Labute approximate surface area is 172 Å². The second-order valence-electron chi connectivity index (χ2n) is 6.26. The van der Waals surface area contributed by atoms with Gasteiger partial charge in [-0.2, -0.15) is 0 Å². The molecule has 2 aliphatic carbocycles. The van der Waals surface area contributed by atoms with E-state index in [1.807, 2.05) is 34.7 Å². The highest BCUT2D eigenvalue weighted by atomic mass is 16.6. The molecule has 0 heterocycles. The van der Waals surface area contributed by atoms with Crippen LogP contribution in [-0.4, -0.2) is 26.4 Å². The smallest absolute Gasteiger partial charge is 0.114 e. The van der Waals surface area contributed by atoms with E-state index >= 15 is 0 Å². The summed E-state index contributed by atoms with van der Waals surface area (Å²) in [6.45, 7) is 9.09. The number of allylic oxidation sites excluding steroid dienone is 5. The molecule has 0 fully saturated rings. The molecule has 1 aromatic rings. The summed E-state index contributed by atoms with van der Waals surface area (Å²) in [6.07, 6.45) is 14.6. The van der Waals surface area contributed by atoms with Crippen LogP contribution in [0.3, 0.4) is 0 Å². The van der Waals surface area contributed by atoms with Gasteiger partial charge in [0.15, 0.2) is 0 Å². The Balaban J connectivity index is 0.000000921. The van der Waals surface area contributed by atoms with Crippen LogP contribution in [0.2, 0.25) is 0 Å². The molecule has 28 heavy (non-hydrogen) atoms. The summed E-state index contributed by atoms with van der Waals surface area (Å²) in [5, 5.41) is 7.50. The van der Waals surface area contributed by atoms with Crippen LogP contribution in [0.5, 0.6) is 0 Å². The van der Waals surface area contributed by atoms with Gasteiger partial charge in [0.25, 0.3) is 0 Å². The summed E-state index contributed by atoms with van der Waals surface area (Å²) in [5.74, 6) is 0. The Kier molecular flexibility index (Phi) is 11.9. The van der Waals surface area contributed by atoms with Gasteiger partial charge in [0.2, 0.25) is 0 Å². The average Bonchev–Trinajstić information content (AvgIpc) is 3.07. The van der Waals surface area contributed by atoms with Crippen LogP contribution in [0.1, 0.15) is 76.5 Å². The molecule has 0 aromatic heterocycles. The molecule has 0 spiro atoms. The van der Waals surface area contributed by atoms with Gasteiger partial charge in [0, 0.05) is 5.56 Å². The van der Waals surface area contributed by atoms with Crippen molar-refractivity contribution in [2.45, 2.75) is 59.8 Å². The first-order valence-electron chi connectivity index (χ1n) is 10.8. The zero-order chi connectivity index (χ0) is 20.8. The van der Waals surface area contributed by atoms with E-state index in [1.165, 1.54) is 40.7 Å². The van der Waals surface area contributed by atoms with Gasteiger partial charge < -0.3 is 10.2 Å². The number of hydrogen-bond donors (Lipinski definition) is 1. The second-order valence-corrected chi connectivity index (χ2v) is 6.26. The van der Waals surface area contributed by atoms with Crippen LogP contribution in [0.15, 0.2) is 47.2 Å². The van der Waals surface area contributed by atoms with Crippen LogP contribution in [0.25, 0.3) is 11.6 Å². The fraction of sp³-hybridized carbons (Fsp3) is 0.480. The fourth-order valence-corrected chi connectivity index (χ4v) is 3.40. The topological polar surface area (TPSA) is 33.6 Å². The van der Waals surface area contributed by atoms with Crippen molar-refractivity contribution in [3.8, 4) is 0 Å². The Morgan fingerprint density at radius 3 is 2.61 bits per heavy atom. The van der Waals surface area contributed by atoms with E-state index < -0.39 is 0 Å². The van der Waals surface area contributed by atoms with Gasteiger partial charge in [0.1, 0.15) is 12.8 Å². The molecule has 3 nitrogen and oxygen atoms in total. The number of oxime groups is 1. The van der Waals surface area contributed by atoms with Crippen molar-refractivity contribution in [2.24, 2.45) is 5.16 Å². The molecular formula is C25H38N2O. The Hall–Kier alpha value is -2.13. The molecule has 0 aliphatic heterocycles. The molecule has 0 bridgehead atoms. The number of hydrogen-bond acceptors (Lipinski definition) is 3. The molecule has 2 aliphatic rings. The van der Waals surface area contributed by atoms with Crippen LogP contribution < -0.4 is 5.32 Å². The first-order valence-corrected chi connectivity index (χ1v) is 10.8. The second kappa shape index (κ2) is 14.0. The molecule has 0 unspecified atom stereocenters. The number of rotatable bonds is 7. The largest absolute Gasteiger partial charge is 0.399 e. The van der Waals surface area contributed by atoms with E-state index in [4.69, 9.17) is 4.84 Å². The molecule has 154 valence electrons. The molecule has 1 N–H and O–H groups in total. The summed E-state index contributed by atoms with van der Waals surface area (Å²) in [4.78, 5) is 5.11. The Morgan fingerprint density at radius 1 is 1.11 bits per heavy atom. The van der Waals surface area contributed by atoms with E-state index in [-0.39, 0.29) is 0 Å². The maximum atomic E-state index is 5.11. The van der Waals surface area contributed by atoms with Crippen molar-refractivity contribution < 1.29 is 4.84 Å². The van der Waals surface area contributed by atoms with Gasteiger partial charge in [-0.05, 0) is 74.0 Å². The van der Waals surface area contributed by atoms with Crippen molar-refractivity contribution in [3.05, 3.63) is 58.7 Å². The third-order valence-corrected chi connectivity index (χ3v) is 4.59. The number of fused-ring (bicyclic) bond motifs is 2. The molecule has 0 atom stereocenters. The van der Waals surface area contributed by atoms with E-state index in [0.29, 0.717) is 0 Å². The normalized spacial score (nSPS) is 15.6. The lowest BCUT2D eigenvalue weighted by atomic mass is 9.97. The molecule has 1 aromatic carbocycles. The standard InChI is InChI=1S/C21H26N2O.2C2H6/c1-22-14-8-4-3-5-9-16-12-13-18-17-10-6-7-11-19(17)21(23-24-2)20(18)15-16;2*1-2/h5-6,9-10,12-13,15,22H,3-4,7-8,11,14H2,1-2H3;2*1-2H3/b9-5+,23-21-;;. The molecule has 0 radical (unpaired) electrons. The zero-order valence-corrected chi connectivity index (χ0v) is 18.6. The first-order chi connectivity index (χ1) is 13.8. The third-order valence-electron chi connectivity index (χ3n) is 4.59. The van der Waals surface area contributed by atoms with Gasteiger partial charge in [-0.1, -0.05) is 69.3 Å². The van der Waals surface area contributed by atoms with Crippen molar-refractivity contribution in [1.82, 2.24) is 5.32 Å². The number of benzene rings is 1. The van der Waals surface area contributed by atoms with Crippen molar-refractivity contribution >= 4 is 17.4 Å². The maximum Gasteiger partial charge on any atom is 0.114 e. The van der Waals surface area contributed by atoms with Crippen LogP contribution in [0, 0.1) is 0 Å². The highest BCUT2D eigenvalue weighted by Crippen LogP contribution is 2.39. The maximum absolute atomic E-state index is 5.11. The lowest BCUT2D eigenvalue weighted by molar-refractivity contribution is 0.214. The zero-order valence-electron chi connectivity index (χ0n) is 18.6. The lowest BCUT2D eigenvalue weighted by Crippen LogP contribution is -2.06. The Bertz CT molecular complexity index is 711. The van der Waals surface area contributed by atoms with E-state index in [9.17, 15) is 0 Å². The van der Waals surface area contributed by atoms with Crippen molar-refractivity contribution in [1.29, 1.82) is 0 Å². The molecule has 0 saturated carbocycles. The molecular weight excluding hydrogens is 344 g/mol. The summed E-state index contributed by atoms with van der Waals surface area (Å²) in [6, 6.07) is 6.66. The summed E-state index contributed by atoms with van der Waals surface area (Å²) in [7, 11) is 3.63. The van der Waals surface area contributed by atoms with Crippen LogP contribution >= 0.6 is 0 Å². The van der Waals surface area contributed by atoms with E-state index in [2.05, 4.69) is 53.0 Å². The fourth-order valence-electron chi connectivity index (χ4n) is 3.40. The highest BCUT2D eigenvalue weighted by Gasteiger charge is 2.28. The van der Waals surface area contributed by atoms with E-state index in [1.54, 1.807) is 7.11 Å². The van der Waals surface area contributed by atoms with Crippen molar-refractivity contribution in [3.63, 3.8) is 0 Å². The highest BCUT2D eigenvalue weighted by molar-refractivity contribution is 6.25. The van der Waals surface area contributed by atoms with Gasteiger partial charge in [0.05, 0.1) is 0 Å². The van der Waals surface area contributed by atoms with Crippen LogP contribution in [-0.2, 0) is 4.84 Å². The minimum absolute atomic E-state index is 1.01. The van der Waals surface area contributed by atoms with Gasteiger partial charge in [-0.15, -0.1) is 0 Å². The SMILES string of the molecule is CC.CC.CNCCCC/C=C/c1ccc2c(c1)/C(=N\OC)C1=C2C=CCC1. The molecule has 0 saturated heterocycles. The summed E-state index contributed by atoms with van der Waals surface area (Å²) >= 11 is 0. The molecule has 3 heteroatoms. The lowest BCUT2D eigenvalue weighted by Gasteiger charge is -2.08. The molecule has 0 amide bonds. The van der Waals surface area contributed by atoms with E-state index in [0.717, 1.165) is 31.5 Å². The quantitative estimate of drug-likeness (QED) is 0.425. The third kappa shape index (κ3) is 6.20. The van der Waals surface area contributed by atoms with Gasteiger partial charge in [-0.25, -0.2) is 0 Å². The molecule has 3 rings (SSSR count). The van der Waals surface area contributed by atoms with Gasteiger partial charge in [-0.3, -0.25) is 0 Å². The predicted molar refractivity (Wildman–Crippen MR) is 125 cm³/mol. The monoisotopic (exact) mass is 382 g/mol. The minimum atomic E-state index is 1.01. The first kappa shape index (κ1) is 23.9. The summed E-state index contributed by atoms with van der Waals surface area (Å²) in [5.41, 5.74) is 7.36. The van der Waals surface area contributed by atoms with Crippen molar-refractivity contribution in [2.75, 3.05) is 20.7 Å². The van der Waals surface area contributed by atoms with Crippen LogP contribution in [0.4, 0.5) is 0 Å². The number of unbranched alkanes of at least 4 members (excludes halogenated alkanes) is 2. The van der Waals surface area contributed by atoms with Gasteiger partial charge >= 0.3 is 0 Å². The average molecular weight is 383 g/mol.